The first-order valence-electron chi connectivity index (χ1n) is 18.6. The van der Waals surface area contributed by atoms with Crippen LogP contribution in [-0.4, -0.2) is 0 Å². The van der Waals surface area contributed by atoms with E-state index in [0.717, 1.165) is 17.1 Å². The molecule has 0 aromatic heterocycles. The van der Waals surface area contributed by atoms with Crippen LogP contribution < -0.4 is 4.90 Å². The van der Waals surface area contributed by atoms with Gasteiger partial charge in [0.15, 0.2) is 0 Å². The zero-order valence-corrected chi connectivity index (χ0v) is 30.2. The fourth-order valence-electron chi connectivity index (χ4n) is 7.69. The van der Waals surface area contributed by atoms with Gasteiger partial charge in [0.2, 0.25) is 0 Å². The summed E-state index contributed by atoms with van der Waals surface area (Å²) in [5, 5.41) is 5.01. The SMILES string of the molecule is Cc1cccc(N(c2ccccc2)c2ccc(-c3c4ccccc4c(-c4ccc(/C=C/c5ccc(-c6ccccc6)cc5)cc4)c4ccccc34)cc2)c1. The second-order valence-electron chi connectivity index (χ2n) is 13.8. The smallest absolute Gasteiger partial charge is 0.0464 e. The minimum absolute atomic E-state index is 1.12. The van der Waals surface area contributed by atoms with Crippen LogP contribution in [0.5, 0.6) is 0 Å². The largest absolute Gasteiger partial charge is 0.310 e. The Hall–Kier alpha value is -6.96. The summed E-state index contributed by atoms with van der Waals surface area (Å²) >= 11 is 0. The van der Waals surface area contributed by atoms with Gasteiger partial charge in [-0.3, -0.25) is 0 Å². The average Bonchev–Trinajstić information content (AvgIpc) is 3.24. The van der Waals surface area contributed by atoms with Gasteiger partial charge in [0.05, 0.1) is 0 Å². The van der Waals surface area contributed by atoms with Crippen molar-refractivity contribution in [3.63, 3.8) is 0 Å². The minimum atomic E-state index is 1.12. The van der Waals surface area contributed by atoms with Gasteiger partial charge in [0.25, 0.3) is 0 Å². The molecule has 0 atom stereocenters. The Morgan fingerprint density at radius 3 is 1.20 bits per heavy atom. The fraction of sp³-hybridized carbons (Fsp3) is 0.0189. The molecule has 0 N–H and O–H groups in total. The van der Waals surface area contributed by atoms with Crippen molar-refractivity contribution in [1.82, 2.24) is 0 Å². The van der Waals surface area contributed by atoms with Crippen LogP contribution in [0.25, 0.3) is 67.1 Å². The molecule has 0 saturated carbocycles. The standard InChI is InChI=1S/C53H39N/c1-38-13-12-18-47(37-38)54(45-16-6-3-7-17-45)46-35-33-44(34-36-46)53-50-21-10-8-19-48(50)52(49-20-9-11-22-51(49)53)43-31-27-40(28-32-43)24-23-39-25-29-42(30-26-39)41-14-4-2-5-15-41/h2-37H,1H3/b24-23+. The summed E-state index contributed by atoms with van der Waals surface area (Å²) in [5.41, 5.74) is 14.4. The number of hydrogen-bond acceptors (Lipinski definition) is 1. The van der Waals surface area contributed by atoms with Crippen LogP contribution in [0.15, 0.2) is 206 Å². The molecule has 0 bridgehead atoms. The first-order chi connectivity index (χ1) is 26.7. The van der Waals surface area contributed by atoms with E-state index < -0.39 is 0 Å². The van der Waals surface area contributed by atoms with Gasteiger partial charge < -0.3 is 4.90 Å². The molecule has 0 heterocycles. The molecule has 0 saturated heterocycles. The molecule has 0 unspecified atom stereocenters. The lowest BCUT2D eigenvalue weighted by Gasteiger charge is -2.26. The van der Waals surface area contributed by atoms with Crippen molar-refractivity contribution >= 4 is 50.8 Å². The third kappa shape index (κ3) is 6.49. The van der Waals surface area contributed by atoms with Crippen molar-refractivity contribution in [2.75, 3.05) is 4.90 Å². The lowest BCUT2D eigenvalue weighted by Crippen LogP contribution is -2.09. The normalized spacial score (nSPS) is 11.4. The Labute approximate surface area is 317 Å². The van der Waals surface area contributed by atoms with E-state index in [1.54, 1.807) is 0 Å². The Balaban J connectivity index is 1.07. The molecule has 0 radical (unpaired) electrons. The molecule has 0 fully saturated rings. The lowest BCUT2D eigenvalue weighted by molar-refractivity contribution is 1.27. The topological polar surface area (TPSA) is 3.24 Å². The van der Waals surface area contributed by atoms with Crippen LogP contribution in [0.3, 0.4) is 0 Å². The van der Waals surface area contributed by atoms with Crippen molar-refractivity contribution in [1.29, 1.82) is 0 Å². The fourth-order valence-corrected chi connectivity index (χ4v) is 7.69. The molecule has 54 heavy (non-hydrogen) atoms. The van der Waals surface area contributed by atoms with Gasteiger partial charge in [0, 0.05) is 17.1 Å². The van der Waals surface area contributed by atoms with Gasteiger partial charge >= 0.3 is 0 Å². The van der Waals surface area contributed by atoms with E-state index in [1.165, 1.54) is 71.6 Å². The highest BCUT2D eigenvalue weighted by Gasteiger charge is 2.18. The number of hydrogen-bond donors (Lipinski definition) is 0. The molecule has 1 heteroatoms. The summed E-state index contributed by atoms with van der Waals surface area (Å²) in [5.74, 6) is 0. The third-order valence-electron chi connectivity index (χ3n) is 10.3. The second kappa shape index (κ2) is 14.6. The van der Waals surface area contributed by atoms with E-state index in [2.05, 4.69) is 230 Å². The number of para-hydroxylation sites is 1. The van der Waals surface area contributed by atoms with E-state index in [-0.39, 0.29) is 0 Å². The second-order valence-corrected chi connectivity index (χ2v) is 13.8. The van der Waals surface area contributed by atoms with Crippen LogP contribution in [0.4, 0.5) is 17.1 Å². The maximum Gasteiger partial charge on any atom is 0.0464 e. The predicted octanol–water partition coefficient (Wildman–Crippen LogP) is 14.9. The molecule has 0 aliphatic rings. The molecule has 0 amide bonds. The Bertz CT molecular complexity index is 2670. The number of anilines is 3. The maximum absolute atomic E-state index is 2.33. The third-order valence-corrected chi connectivity index (χ3v) is 10.3. The zero-order chi connectivity index (χ0) is 36.3. The van der Waals surface area contributed by atoms with E-state index in [1.807, 2.05) is 0 Å². The predicted molar refractivity (Wildman–Crippen MR) is 233 cm³/mol. The Morgan fingerprint density at radius 1 is 0.315 bits per heavy atom. The molecule has 0 aliphatic carbocycles. The quantitative estimate of drug-likeness (QED) is 0.113. The summed E-state index contributed by atoms with van der Waals surface area (Å²) in [6.07, 6.45) is 4.39. The summed E-state index contributed by atoms with van der Waals surface area (Å²) in [6, 6.07) is 74.4. The summed E-state index contributed by atoms with van der Waals surface area (Å²) in [6.45, 7) is 2.15. The summed E-state index contributed by atoms with van der Waals surface area (Å²) < 4.78 is 0. The van der Waals surface area contributed by atoms with Crippen molar-refractivity contribution in [2.45, 2.75) is 6.92 Å². The average molecular weight is 690 g/mol. The number of rotatable bonds is 8. The van der Waals surface area contributed by atoms with Gasteiger partial charge in [-0.15, -0.1) is 0 Å². The molecule has 0 spiro atoms. The number of fused-ring (bicyclic) bond motifs is 2. The van der Waals surface area contributed by atoms with Gasteiger partial charge in [-0.05, 0) is 115 Å². The number of nitrogens with zero attached hydrogens (tertiary/aromatic N) is 1. The maximum atomic E-state index is 2.33. The molecule has 9 rings (SSSR count). The minimum Gasteiger partial charge on any atom is -0.310 e. The van der Waals surface area contributed by atoms with Crippen LogP contribution in [0.2, 0.25) is 0 Å². The van der Waals surface area contributed by atoms with Crippen LogP contribution in [-0.2, 0) is 0 Å². The van der Waals surface area contributed by atoms with Crippen molar-refractivity contribution < 1.29 is 0 Å². The first kappa shape index (κ1) is 32.9. The highest BCUT2D eigenvalue weighted by molar-refractivity contribution is 6.21. The number of benzene rings is 9. The summed E-state index contributed by atoms with van der Waals surface area (Å²) in [4.78, 5) is 2.33. The molecule has 0 aliphatic heterocycles. The molecule has 1 nitrogen and oxygen atoms in total. The van der Waals surface area contributed by atoms with E-state index in [0.29, 0.717) is 0 Å². The molecule has 9 aromatic rings. The zero-order valence-electron chi connectivity index (χ0n) is 30.2. The molecule has 9 aromatic carbocycles. The van der Waals surface area contributed by atoms with Gasteiger partial charge in [0.1, 0.15) is 0 Å². The van der Waals surface area contributed by atoms with E-state index >= 15 is 0 Å². The molecular formula is C53H39N. The van der Waals surface area contributed by atoms with Gasteiger partial charge in [-0.25, -0.2) is 0 Å². The van der Waals surface area contributed by atoms with Crippen LogP contribution in [0.1, 0.15) is 16.7 Å². The highest BCUT2D eigenvalue weighted by Crippen LogP contribution is 2.44. The van der Waals surface area contributed by atoms with Crippen molar-refractivity contribution in [2.24, 2.45) is 0 Å². The van der Waals surface area contributed by atoms with E-state index in [4.69, 9.17) is 0 Å². The highest BCUT2D eigenvalue weighted by atomic mass is 15.1. The van der Waals surface area contributed by atoms with Crippen molar-refractivity contribution in [3.8, 4) is 33.4 Å². The van der Waals surface area contributed by atoms with Crippen LogP contribution >= 0.6 is 0 Å². The first-order valence-corrected chi connectivity index (χ1v) is 18.6. The Morgan fingerprint density at radius 2 is 0.704 bits per heavy atom. The molecule has 256 valence electrons. The van der Waals surface area contributed by atoms with Crippen molar-refractivity contribution in [3.05, 3.63) is 223 Å². The number of aryl methyl sites for hydroxylation is 1. The van der Waals surface area contributed by atoms with E-state index in [9.17, 15) is 0 Å². The summed E-state index contributed by atoms with van der Waals surface area (Å²) in [7, 11) is 0. The van der Waals surface area contributed by atoms with Gasteiger partial charge in [-0.2, -0.15) is 0 Å². The Kier molecular flexibility index (Phi) is 8.89. The van der Waals surface area contributed by atoms with Crippen LogP contribution in [0, 0.1) is 6.92 Å². The molecular weight excluding hydrogens is 651 g/mol. The lowest BCUT2D eigenvalue weighted by atomic mass is 9.86. The van der Waals surface area contributed by atoms with Gasteiger partial charge in [-0.1, -0.05) is 182 Å². The monoisotopic (exact) mass is 689 g/mol.